The van der Waals surface area contributed by atoms with Crippen LogP contribution < -0.4 is 0 Å². The first-order valence-electron chi connectivity index (χ1n) is 6.96. The molecule has 0 N–H and O–H groups in total. The first-order valence-corrected chi connectivity index (χ1v) is 6.96. The van der Waals surface area contributed by atoms with Crippen molar-refractivity contribution in [3.63, 3.8) is 0 Å². The number of rotatable bonds is 7. The number of likely N-dealkylation sites (N-methyl/N-ethyl adjacent to an activating group) is 2. The fourth-order valence-corrected chi connectivity index (χ4v) is 2.86. The molecule has 0 aliphatic heterocycles. The smallest absolute Gasteiger partial charge is 0.242 e. The average Bonchev–Trinajstić information content (AvgIpc) is 2.84. The molecule has 1 saturated carbocycles. The molecule has 0 radical (unpaired) electrons. The average molecular weight is 256 g/mol. The van der Waals surface area contributed by atoms with E-state index in [1.165, 1.54) is 12.8 Å². The van der Waals surface area contributed by atoms with Crippen LogP contribution in [-0.4, -0.2) is 62.7 Å². The third kappa shape index (κ3) is 3.45. The van der Waals surface area contributed by atoms with Crippen molar-refractivity contribution >= 4 is 5.91 Å². The minimum Gasteiger partial charge on any atom is -0.385 e. The second-order valence-electron chi connectivity index (χ2n) is 5.56. The van der Waals surface area contributed by atoms with E-state index in [2.05, 4.69) is 4.90 Å². The van der Waals surface area contributed by atoms with Crippen molar-refractivity contribution in [3.05, 3.63) is 0 Å². The van der Waals surface area contributed by atoms with Crippen LogP contribution in [0.2, 0.25) is 0 Å². The summed E-state index contributed by atoms with van der Waals surface area (Å²) in [7, 11) is 7.71. The van der Waals surface area contributed by atoms with Gasteiger partial charge in [0.2, 0.25) is 5.91 Å². The Morgan fingerprint density at radius 3 is 2.28 bits per heavy atom. The van der Waals surface area contributed by atoms with Crippen LogP contribution in [0.25, 0.3) is 0 Å². The summed E-state index contributed by atoms with van der Waals surface area (Å²) in [6.07, 6.45) is 6.37. The summed E-state index contributed by atoms with van der Waals surface area (Å²) in [6.45, 7) is 1.61. The minimum absolute atomic E-state index is 0.240. The molecule has 1 amide bonds. The lowest BCUT2D eigenvalue weighted by molar-refractivity contribution is -0.141. The molecule has 4 nitrogen and oxygen atoms in total. The predicted octanol–water partition coefficient (Wildman–Crippen LogP) is 1.75. The molecule has 18 heavy (non-hydrogen) atoms. The highest BCUT2D eigenvalue weighted by molar-refractivity contribution is 5.86. The lowest BCUT2D eigenvalue weighted by Crippen LogP contribution is -2.54. The van der Waals surface area contributed by atoms with Gasteiger partial charge in [0.05, 0.1) is 0 Å². The summed E-state index contributed by atoms with van der Waals surface area (Å²) < 4.78 is 5.03. The van der Waals surface area contributed by atoms with Gasteiger partial charge in [-0.05, 0) is 39.8 Å². The molecule has 0 heterocycles. The Morgan fingerprint density at radius 1 is 1.17 bits per heavy atom. The zero-order chi connectivity index (χ0) is 13.6. The van der Waals surface area contributed by atoms with Gasteiger partial charge in [0.15, 0.2) is 0 Å². The number of methoxy groups -OCH3 is 1. The molecule has 0 aromatic carbocycles. The number of amides is 1. The van der Waals surface area contributed by atoms with Gasteiger partial charge in [0, 0.05) is 27.3 Å². The van der Waals surface area contributed by atoms with Crippen molar-refractivity contribution < 1.29 is 9.53 Å². The van der Waals surface area contributed by atoms with Crippen LogP contribution in [0.15, 0.2) is 0 Å². The van der Waals surface area contributed by atoms with Gasteiger partial charge in [0.25, 0.3) is 0 Å². The van der Waals surface area contributed by atoms with E-state index in [0.717, 1.165) is 38.8 Å². The van der Waals surface area contributed by atoms with E-state index in [1.54, 1.807) is 7.11 Å². The third-order valence-electron chi connectivity index (χ3n) is 4.12. The fraction of sp³-hybridized carbons (Fsp3) is 0.929. The van der Waals surface area contributed by atoms with Crippen molar-refractivity contribution in [1.82, 2.24) is 9.80 Å². The molecule has 0 unspecified atom stereocenters. The maximum Gasteiger partial charge on any atom is 0.242 e. The summed E-state index contributed by atoms with van der Waals surface area (Å²) >= 11 is 0. The highest BCUT2D eigenvalue weighted by atomic mass is 16.5. The Labute approximate surface area is 111 Å². The molecule has 0 aromatic heterocycles. The van der Waals surface area contributed by atoms with Crippen LogP contribution in [-0.2, 0) is 9.53 Å². The summed E-state index contributed by atoms with van der Waals surface area (Å²) in [6, 6.07) is 0. The maximum absolute atomic E-state index is 12.6. The number of unbranched alkanes of at least 4 members (excludes halogenated alkanes) is 1. The Hall–Kier alpha value is -0.610. The highest BCUT2D eigenvalue weighted by Crippen LogP contribution is 2.35. The van der Waals surface area contributed by atoms with Crippen LogP contribution in [0.5, 0.6) is 0 Å². The molecule has 0 atom stereocenters. The SMILES string of the molecule is COCCCCN(C)C(=O)C1(N(C)C)CCCC1. The van der Waals surface area contributed by atoms with Gasteiger partial charge in [-0.2, -0.15) is 0 Å². The maximum atomic E-state index is 12.6. The molecule has 106 valence electrons. The first kappa shape index (κ1) is 15.4. The molecule has 4 heteroatoms. The van der Waals surface area contributed by atoms with Gasteiger partial charge >= 0.3 is 0 Å². The topological polar surface area (TPSA) is 32.8 Å². The van der Waals surface area contributed by atoms with E-state index >= 15 is 0 Å². The summed E-state index contributed by atoms with van der Waals surface area (Å²) in [5.41, 5.74) is -0.240. The van der Waals surface area contributed by atoms with Crippen molar-refractivity contribution in [3.8, 4) is 0 Å². The minimum atomic E-state index is -0.240. The molecule has 1 aliphatic rings. The van der Waals surface area contributed by atoms with E-state index in [4.69, 9.17) is 4.74 Å². The van der Waals surface area contributed by atoms with Crippen molar-refractivity contribution in [2.24, 2.45) is 0 Å². The quantitative estimate of drug-likeness (QED) is 0.651. The van der Waals surface area contributed by atoms with Crippen LogP contribution >= 0.6 is 0 Å². The molecule has 0 saturated heterocycles. The molecule has 1 rings (SSSR count). The molecule has 0 bridgehead atoms. The number of hydrogen-bond acceptors (Lipinski definition) is 3. The number of hydrogen-bond donors (Lipinski definition) is 0. The zero-order valence-electron chi connectivity index (χ0n) is 12.4. The lowest BCUT2D eigenvalue weighted by Gasteiger charge is -2.38. The van der Waals surface area contributed by atoms with Gasteiger partial charge in [-0.1, -0.05) is 12.8 Å². The molecule has 0 spiro atoms. The first-order chi connectivity index (χ1) is 8.54. The lowest BCUT2D eigenvalue weighted by atomic mass is 9.94. The summed E-state index contributed by atoms with van der Waals surface area (Å²) in [4.78, 5) is 16.6. The Bertz CT molecular complexity index is 261. The summed E-state index contributed by atoms with van der Waals surface area (Å²) in [5.74, 6) is 0.294. The molecule has 0 aromatic rings. The van der Waals surface area contributed by atoms with Gasteiger partial charge in [0.1, 0.15) is 5.54 Å². The molecule has 1 fully saturated rings. The van der Waals surface area contributed by atoms with Gasteiger partial charge in [-0.25, -0.2) is 0 Å². The Balaban J connectivity index is 2.50. The number of ether oxygens (including phenoxy) is 1. The van der Waals surface area contributed by atoms with E-state index in [9.17, 15) is 4.79 Å². The summed E-state index contributed by atoms with van der Waals surface area (Å²) in [5, 5.41) is 0. The van der Waals surface area contributed by atoms with Gasteiger partial charge in [-0.3, -0.25) is 9.69 Å². The fourth-order valence-electron chi connectivity index (χ4n) is 2.86. The Kier molecular flexibility index (Phi) is 6.09. The second kappa shape index (κ2) is 7.10. The number of nitrogens with zero attached hydrogens (tertiary/aromatic N) is 2. The van der Waals surface area contributed by atoms with Crippen LogP contribution in [0.3, 0.4) is 0 Å². The van der Waals surface area contributed by atoms with Crippen molar-refractivity contribution in [2.45, 2.75) is 44.1 Å². The van der Waals surface area contributed by atoms with Gasteiger partial charge in [-0.15, -0.1) is 0 Å². The normalized spacial score (nSPS) is 18.3. The van der Waals surface area contributed by atoms with E-state index in [1.807, 2.05) is 26.0 Å². The van der Waals surface area contributed by atoms with E-state index < -0.39 is 0 Å². The van der Waals surface area contributed by atoms with Crippen LogP contribution in [0.4, 0.5) is 0 Å². The van der Waals surface area contributed by atoms with Gasteiger partial charge < -0.3 is 9.64 Å². The largest absolute Gasteiger partial charge is 0.385 e. The Morgan fingerprint density at radius 2 is 1.78 bits per heavy atom. The van der Waals surface area contributed by atoms with Crippen molar-refractivity contribution in [1.29, 1.82) is 0 Å². The molecular formula is C14H28N2O2. The number of carbonyl (C=O) groups is 1. The zero-order valence-corrected chi connectivity index (χ0v) is 12.4. The third-order valence-corrected chi connectivity index (χ3v) is 4.12. The monoisotopic (exact) mass is 256 g/mol. The number of carbonyl (C=O) groups excluding carboxylic acids is 1. The van der Waals surface area contributed by atoms with Crippen LogP contribution in [0.1, 0.15) is 38.5 Å². The van der Waals surface area contributed by atoms with Crippen molar-refractivity contribution in [2.75, 3.05) is 41.4 Å². The second-order valence-corrected chi connectivity index (χ2v) is 5.56. The molecule has 1 aliphatic carbocycles. The predicted molar refractivity (Wildman–Crippen MR) is 73.6 cm³/mol. The standard InChI is InChI=1S/C14H28N2O2/c1-15(2)14(9-5-6-10-14)13(17)16(3)11-7-8-12-18-4/h5-12H2,1-4H3. The molecular weight excluding hydrogens is 228 g/mol. The highest BCUT2D eigenvalue weighted by Gasteiger charge is 2.44. The van der Waals surface area contributed by atoms with Crippen LogP contribution in [0, 0.1) is 0 Å². The van der Waals surface area contributed by atoms with E-state index in [0.29, 0.717) is 5.91 Å². The van der Waals surface area contributed by atoms with E-state index in [-0.39, 0.29) is 5.54 Å².